The van der Waals surface area contributed by atoms with Crippen LogP contribution >= 0.6 is 0 Å². The summed E-state index contributed by atoms with van der Waals surface area (Å²) in [6.07, 6.45) is 13.9. The highest BCUT2D eigenvalue weighted by Crippen LogP contribution is 2.54. The first-order chi connectivity index (χ1) is 13.2. The Morgan fingerprint density at radius 3 is 2.30 bits per heavy atom. The lowest BCUT2D eigenvalue weighted by molar-refractivity contribution is 0.0169. The van der Waals surface area contributed by atoms with Crippen molar-refractivity contribution in [1.82, 2.24) is 10.5 Å². The summed E-state index contributed by atoms with van der Waals surface area (Å²) in [5.74, 6) is 1.95. The molecule has 0 amide bonds. The summed E-state index contributed by atoms with van der Waals surface area (Å²) in [6.45, 7) is 0. The van der Waals surface area contributed by atoms with Crippen LogP contribution in [-0.2, 0) is 10.2 Å². The van der Waals surface area contributed by atoms with Crippen LogP contribution in [0.25, 0.3) is 0 Å². The Balaban J connectivity index is 1.30. The summed E-state index contributed by atoms with van der Waals surface area (Å²) < 4.78 is 11.9. The lowest BCUT2D eigenvalue weighted by atomic mass is 9.59. The van der Waals surface area contributed by atoms with Crippen LogP contribution in [0.15, 0.2) is 4.52 Å². The molecule has 7 rings (SSSR count). The van der Waals surface area contributed by atoms with E-state index in [1.165, 1.54) is 32.1 Å². The molecule has 4 bridgehead atoms. The number of ether oxygens (including phenoxy) is 1. The molecule has 1 unspecified atom stereocenters. The van der Waals surface area contributed by atoms with Gasteiger partial charge in [-0.2, -0.15) is 0 Å². The van der Waals surface area contributed by atoms with Crippen molar-refractivity contribution in [3.63, 3.8) is 0 Å². The van der Waals surface area contributed by atoms with Crippen molar-refractivity contribution in [3.05, 3.63) is 17.0 Å². The monoisotopic (exact) mass is 370 g/mol. The number of aromatic nitrogens is 1. The fraction of sp³-hybridized carbons (Fsp3) is 0.818. The van der Waals surface area contributed by atoms with Gasteiger partial charge in [-0.15, -0.1) is 0 Å². The third kappa shape index (κ3) is 2.76. The summed E-state index contributed by atoms with van der Waals surface area (Å²) in [5, 5.41) is 8.17. The highest BCUT2D eigenvalue weighted by Gasteiger charge is 2.48. The molecule has 146 valence electrons. The number of piperidine rings is 1. The van der Waals surface area contributed by atoms with Gasteiger partial charge in [0.25, 0.3) is 0 Å². The fourth-order valence-electron chi connectivity index (χ4n) is 6.40. The van der Waals surface area contributed by atoms with E-state index >= 15 is 0 Å². The maximum atomic E-state index is 13.4. The highest BCUT2D eigenvalue weighted by molar-refractivity contribution is 5.92. The summed E-state index contributed by atoms with van der Waals surface area (Å²) in [6, 6.07) is 1.05. The van der Waals surface area contributed by atoms with E-state index in [9.17, 15) is 4.79 Å². The standard InChI is InChI=1S/C22H30N2O3/c25-21(26-17-11-15-3-4-16(12-17)23-15)18-19(14-1-2-14)27-24-20(18)22-8-5-13(6-9-22)7-10-22/h13-17,23H,1-12H2/t13?,15-,16+,17?,22?. The zero-order chi connectivity index (χ0) is 18.0. The molecule has 5 heteroatoms. The Morgan fingerprint density at radius 1 is 1.00 bits per heavy atom. The topological polar surface area (TPSA) is 64.4 Å². The average Bonchev–Trinajstić information content (AvgIpc) is 3.35. The number of hydrogen-bond donors (Lipinski definition) is 1. The largest absolute Gasteiger partial charge is 0.459 e. The number of carbonyl (C=O) groups is 1. The molecular weight excluding hydrogens is 340 g/mol. The Bertz CT molecular complexity index is 719. The number of rotatable bonds is 4. The van der Waals surface area contributed by atoms with Crippen molar-refractivity contribution in [2.45, 2.75) is 107 Å². The van der Waals surface area contributed by atoms with E-state index in [1.54, 1.807) is 0 Å². The Hall–Kier alpha value is -1.36. The van der Waals surface area contributed by atoms with E-state index in [2.05, 4.69) is 10.5 Å². The normalized spacial score (nSPS) is 40.3. The molecule has 3 atom stereocenters. The molecule has 0 aromatic carbocycles. The van der Waals surface area contributed by atoms with Gasteiger partial charge < -0.3 is 14.6 Å². The number of hydrogen-bond acceptors (Lipinski definition) is 5. The van der Waals surface area contributed by atoms with Crippen LogP contribution < -0.4 is 5.32 Å². The third-order valence-electron chi connectivity index (χ3n) is 8.17. The molecule has 0 radical (unpaired) electrons. The molecule has 4 aliphatic carbocycles. The van der Waals surface area contributed by atoms with E-state index < -0.39 is 0 Å². The molecule has 1 N–H and O–H groups in total. The van der Waals surface area contributed by atoms with Gasteiger partial charge >= 0.3 is 5.97 Å². The van der Waals surface area contributed by atoms with Gasteiger partial charge in [0.05, 0.1) is 0 Å². The van der Waals surface area contributed by atoms with E-state index in [0.29, 0.717) is 18.0 Å². The SMILES string of the molecule is O=C(OC1C[C@H]2CC[C@@H](C1)N2)c1c(C23CCC(CC2)CC3)noc1C1CC1. The Morgan fingerprint density at radius 2 is 1.67 bits per heavy atom. The number of fused-ring (bicyclic) bond motifs is 5. The lowest BCUT2D eigenvalue weighted by Crippen LogP contribution is -2.42. The van der Waals surface area contributed by atoms with Crippen molar-refractivity contribution in [2.75, 3.05) is 0 Å². The average molecular weight is 370 g/mol. The van der Waals surface area contributed by atoms with Crippen LogP contribution in [0.1, 0.15) is 105 Å². The van der Waals surface area contributed by atoms with Gasteiger partial charge in [-0.3, -0.25) is 0 Å². The minimum absolute atomic E-state index is 0.0469. The minimum Gasteiger partial charge on any atom is -0.459 e. The molecule has 4 saturated carbocycles. The van der Waals surface area contributed by atoms with Crippen LogP contribution in [0.3, 0.4) is 0 Å². The summed E-state index contributed by atoms with van der Waals surface area (Å²) in [4.78, 5) is 13.4. The molecule has 3 heterocycles. The maximum absolute atomic E-state index is 13.4. The smallest absolute Gasteiger partial charge is 0.344 e. The number of esters is 1. The minimum atomic E-state index is -0.151. The van der Waals surface area contributed by atoms with Gasteiger partial charge in [-0.1, -0.05) is 5.16 Å². The molecule has 27 heavy (non-hydrogen) atoms. The Kier molecular flexibility index (Phi) is 3.73. The van der Waals surface area contributed by atoms with E-state index in [1.807, 2.05) is 0 Å². The summed E-state index contributed by atoms with van der Waals surface area (Å²) in [5.41, 5.74) is 1.74. The molecular formula is C22H30N2O3. The molecule has 6 fully saturated rings. The second-order valence-electron chi connectivity index (χ2n) is 9.94. The predicted molar refractivity (Wildman–Crippen MR) is 99.7 cm³/mol. The Labute approximate surface area is 160 Å². The third-order valence-corrected chi connectivity index (χ3v) is 8.17. The number of nitrogens with one attached hydrogen (secondary N) is 1. The second-order valence-corrected chi connectivity index (χ2v) is 9.94. The molecule has 2 saturated heterocycles. The molecule has 1 aromatic rings. The second kappa shape index (κ2) is 6.07. The zero-order valence-corrected chi connectivity index (χ0v) is 16.0. The molecule has 1 aromatic heterocycles. The fourth-order valence-corrected chi connectivity index (χ4v) is 6.40. The van der Waals surface area contributed by atoms with Crippen molar-refractivity contribution < 1.29 is 14.1 Å². The molecule has 2 aliphatic heterocycles. The van der Waals surface area contributed by atoms with Crippen LogP contribution in [0.2, 0.25) is 0 Å². The van der Waals surface area contributed by atoms with Crippen LogP contribution in [0.4, 0.5) is 0 Å². The molecule has 6 aliphatic rings. The van der Waals surface area contributed by atoms with Crippen LogP contribution in [0.5, 0.6) is 0 Å². The first-order valence-corrected chi connectivity index (χ1v) is 11.2. The van der Waals surface area contributed by atoms with Gasteiger partial charge in [0.1, 0.15) is 17.4 Å². The lowest BCUT2D eigenvalue weighted by Gasteiger charge is -2.45. The molecule has 0 spiro atoms. The zero-order valence-electron chi connectivity index (χ0n) is 16.0. The van der Waals surface area contributed by atoms with Gasteiger partial charge in [0.2, 0.25) is 0 Å². The van der Waals surface area contributed by atoms with Crippen molar-refractivity contribution in [3.8, 4) is 0 Å². The van der Waals surface area contributed by atoms with E-state index in [4.69, 9.17) is 9.26 Å². The predicted octanol–water partition coefficient (Wildman–Crippen LogP) is 4.21. The quantitative estimate of drug-likeness (QED) is 0.804. The first-order valence-electron chi connectivity index (χ1n) is 11.2. The van der Waals surface area contributed by atoms with Crippen molar-refractivity contribution >= 4 is 5.97 Å². The van der Waals surface area contributed by atoms with E-state index in [0.717, 1.165) is 67.9 Å². The summed E-state index contributed by atoms with van der Waals surface area (Å²) in [7, 11) is 0. The van der Waals surface area contributed by atoms with Gasteiger partial charge in [-0.05, 0) is 83.0 Å². The number of nitrogens with zero attached hydrogens (tertiary/aromatic N) is 1. The highest BCUT2D eigenvalue weighted by atomic mass is 16.5. The van der Waals surface area contributed by atoms with Gasteiger partial charge in [0.15, 0.2) is 5.76 Å². The molecule has 5 nitrogen and oxygen atoms in total. The van der Waals surface area contributed by atoms with Crippen molar-refractivity contribution in [1.29, 1.82) is 0 Å². The van der Waals surface area contributed by atoms with Gasteiger partial charge in [-0.25, -0.2) is 4.79 Å². The van der Waals surface area contributed by atoms with Gasteiger partial charge in [0, 0.05) is 23.4 Å². The number of carbonyl (C=O) groups excluding carboxylic acids is 1. The summed E-state index contributed by atoms with van der Waals surface area (Å²) >= 11 is 0. The maximum Gasteiger partial charge on any atom is 0.344 e. The first kappa shape index (κ1) is 16.6. The van der Waals surface area contributed by atoms with Crippen molar-refractivity contribution in [2.24, 2.45) is 5.92 Å². The van der Waals surface area contributed by atoms with E-state index in [-0.39, 0.29) is 17.5 Å². The van der Waals surface area contributed by atoms with Crippen LogP contribution in [-0.4, -0.2) is 29.3 Å². The van der Waals surface area contributed by atoms with Crippen LogP contribution in [0, 0.1) is 5.92 Å².